The van der Waals surface area contributed by atoms with E-state index in [1.807, 2.05) is 125 Å². The van der Waals surface area contributed by atoms with Crippen molar-refractivity contribution in [2.24, 2.45) is 0 Å². The van der Waals surface area contributed by atoms with Gasteiger partial charge in [0.25, 0.3) is 6.33 Å². The zero-order chi connectivity index (χ0) is 65.7. The van der Waals surface area contributed by atoms with Gasteiger partial charge in [-0.2, -0.15) is 18.2 Å². The van der Waals surface area contributed by atoms with Crippen LogP contribution in [0.5, 0.6) is 11.5 Å². The summed E-state index contributed by atoms with van der Waals surface area (Å²) in [6.07, 6.45) is 5.63. The standard InChI is InChI=1S/C78H55N5O.Pt/c1-49-21-17-22-50(2)74(49)65-34-20-35-66-75-57(51-23-7-6-8-24-51)32-19-33-64(75)58-27-9-10-28-59(58)67-45-54(82-68-36-14-11-29-60(68)61-30-12-15-37-69(61)82)46-72-77(67)81(76(65)66)48-80(72)53-25-18-26-55(44-53)84-56-39-40-63-62-31-13-16-38-70(62)83(71(63)47-56)73-43-52(41-42-79-73)78(3,4)5;/h6-43,45-46H,1-5H3;/q-2;/i1D3,2D3,6D,7D,8D,23D,24D;. The Labute approximate surface area is 523 Å². The second-order valence-electron chi connectivity index (χ2n) is 22.3. The molecule has 85 heavy (non-hydrogen) atoms. The molecule has 0 unspecified atom stereocenters. The van der Waals surface area contributed by atoms with Gasteiger partial charge in [-0.25, -0.2) is 4.98 Å². The molecule has 0 bridgehead atoms. The molecular weight excluding hydrogens is 1220 g/mol. The Morgan fingerprint density at radius 2 is 1.09 bits per heavy atom. The van der Waals surface area contributed by atoms with Gasteiger partial charge in [-0.1, -0.05) is 190 Å². The number of para-hydroxylation sites is 4. The summed E-state index contributed by atoms with van der Waals surface area (Å²) in [5.41, 5.74) is 10.9. The molecule has 0 atom stereocenters. The predicted molar refractivity (Wildman–Crippen MR) is 343 cm³/mol. The van der Waals surface area contributed by atoms with Crippen LogP contribution in [-0.4, -0.2) is 18.7 Å². The van der Waals surface area contributed by atoms with Crippen LogP contribution in [0.2, 0.25) is 0 Å². The molecule has 15 aromatic rings. The van der Waals surface area contributed by atoms with E-state index in [9.17, 15) is 2.74 Å². The van der Waals surface area contributed by atoms with Crippen LogP contribution in [0.1, 0.15) is 52.5 Å². The summed E-state index contributed by atoms with van der Waals surface area (Å²) < 4.78 is 115. The Kier molecular flexibility index (Phi) is 9.78. The first-order valence-electron chi connectivity index (χ1n) is 33.4. The van der Waals surface area contributed by atoms with Gasteiger partial charge in [-0.3, -0.25) is 4.57 Å². The molecule has 0 amide bonds. The maximum Gasteiger partial charge on any atom is 0.268 e. The third kappa shape index (κ3) is 8.33. The number of benzene rings is 11. The van der Waals surface area contributed by atoms with Gasteiger partial charge >= 0.3 is 0 Å². The molecule has 0 spiro atoms. The average molecular weight is 1280 g/mol. The minimum atomic E-state index is -2.84. The van der Waals surface area contributed by atoms with Gasteiger partial charge in [0.15, 0.2) is 0 Å². The molecule has 16 rings (SSSR count). The quantitative estimate of drug-likeness (QED) is 0.118. The molecular formula is C78H55N5OPt-2. The van der Waals surface area contributed by atoms with Crippen molar-refractivity contribution in [3.8, 4) is 90.0 Å². The average Bonchev–Trinajstić information content (AvgIpc) is 1.51. The smallest absolute Gasteiger partial charge is 0.268 e. The molecule has 1 aliphatic rings. The summed E-state index contributed by atoms with van der Waals surface area (Å²) in [6.45, 7) is 0.859. The fourth-order valence-electron chi connectivity index (χ4n) is 12.7. The van der Waals surface area contributed by atoms with Gasteiger partial charge in [0, 0.05) is 69.0 Å². The molecule has 0 saturated heterocycles. The Morgan fingerprint density at radius 1 is 0.506 bits per heavy atom. The van der Waals surface area contributed by atoms with Crippen LogP contribution in [0.15, 0.2) is 243 Å². The van der Waals surface area contributed by atoms with Crippen LogP contribution in [0.4, 0.5) is 0 Å². The van der Waals surface area contributed by atoms with Crippen LogP contribution >= 0.6 is 0 Å². The van der Waals surface area contributed by atoms with Crippen LogP contribution in [0.3, 0.4) is 0 Å². The first kappa shape index (κ1) is 41.2. The van der Waals surface area contributed by atoms with Gasteiger partial charge in [-0.05, 0) is 145 Å². The first-order valence-corrected chi connectivity index (χ1v) is 27.9. The third-order valence-electron chi connectivity index (χ3n) is 16.4. The SMILES string of the molecule is [2H]c1c([2H])c([2H])c(-c2cccc3c2-c2cccc(-c4c(C([2H])([2H])[2H])cccc4C([2H])([2H])[2H])c2-[n+]2[c-]n(-c4[c-]c(Oc5[c-]c6c(cc5)c5ccccc5n6-c5cc(C(C)(C)C)ccn5)ccc4)c4cc(-n5c6ccccc6c6ccccc65)cc(c42)-c2ccccc2-3)c([2H])c1[2H].[Pt]. The zero-order valence-electron chi connectivity index (χ0n) is 57.2. The molecule has 4 aromatic heterocycles. The molecule has 5 heterocycles. The number of pyridine rings is 1. The molecule has 0 aliphatic carbocycles. The molecule has 410 valence electrons. The molecule has 1 aliphatic heterocycles. The number of aryl methyl sites for hydroxylation is 2. The van der Waals surface area contributed by atoms with Gasteiger partial charge in [-0.15, -0.1) is 29.7 Å². The topological polar surface area (TPSA) is 40.8 Å². The van der Waals surface area contributed by atoms with Crippen molar-refractivity contribution in [1.82, 2.24) is 18.7 Å². The number of fused-ring (bicyclic) bond motifs is 13. The Morgan fingerprint density at radius 3 is 1.80 bits per heavy atom. The fraction of sp³-hybridized carbons (Fsp3) is 0.0769. The van der Waals surface area contributed by atoms with E-state index in [1.54, 1.807) is 24.3 Å². The van der Waals surface area contributed by atoms with Crippen LogP contribution in [0.25, 0.3) is 133 Å². The van der Waals surface area contributed by atoms with Crippen molar-refractivity contribution >= 4 is 54.6 Å². The Bertz CT molecular complexity index is 5640. The van der Waals surface area contributed by atoms with E-state index in [1.165, 1.54) is 18.2 Å². The summed E-state index contributed by atoms with van der Waals surface area (Å²) in [4.78, 5) is 4.89. The van der Waals surface area contributed by atoms with Crippen molar-refractivity contribution in [3.63, 3.8) is 0 Å². The predicted octanol–water partition coefficient (Wildman–Crippen LogP) is 19.2. The first-order chi connectivity index (χ1) is 45.6. The number of nitrogens with zero attached hydrogens (tertiary/aromatic N) is 5. The van der Waals surface area contributed by atoms with Gasteiger partial charge < -0.3 is 18.4 Å². The molecule has 0 N–H and O–H groups in total. The van der Waals surface area contributed by atoms with Gasteiger partial charge in [0.2, 0.25) is 0 Å². The van der Waals surface area contributed by atoms with Crippen molar-refractivity contribution in [2.45, 2.75) is 39.9 Å². The number of ether oxygens (including phenoxy) is 1. The van der Waals surface area contributed by atoms with Crippen molar-refractivity contribution in [3.05, 3.63) is 278 Å². The van der Waals surface area contributed by atoms with E-state index in [4.69, 9.17) is 22.1 Å². The van der Waals surface area contributed by atoms with Crippen LogP contribution in [-0.2, 0) is 26.5 Å². The van der Waals surface area contributed by atoms with Crippen LogP contribution < -0.4 is 9.30 Å². The second-order valence-corrected chi connectivity index (χ2v) is 22.3. The Balaban J connectivity index is 0.00000756. The summed E-state index contributed by atoms with van der Waals surface area (Å²) in [6, 6.07) is 70.4. The van der Waals surface area contributed by atoms with E-state index >= 15 is 0 Å². The summed E-state index contributed by atoms with van der Waals surface area (Å²) in [7, 11) is 0. The van der Waals surface area contributed by atoms with Crippen molar-refractivity contribution in [2.75, 3.05) is 0 Å². The van der Waals surface area contributed by atoms with E-state index in [-0.39, 0.29) is 59.9 Å². The molecule has 6 nitrogen and oxygen atoms in total. The zero-order valence-corrected chi connectivity index (χ0v) is 48.4. The van der Waals surface area contributed by atoms with Crippen molar-refractivity contribution < 1.29 is 45.4 Å². The molecule has 11 aromatic carbocycles. The molecule has 0 radical (unpaired) electrons. The number of imidazole rings is 1. The van der Waals surface area contributed by atoms with Gasteiger partial charge in [0.1, 0.15) is 5.82 Å². The number of hydrogen-bond donors (Lipinski definition) is 0. The Hall–Kier alpha value is -9.87. The summed E-state index contributed by atoms with van der Waals surface area (Å²) in [5, 5.41) is 4.07. The number of hydrogen-bond acceptors (Lipinski definition) is 2. The van der Waals surface area contributed by atoms with E-state index in [0.29, 0.717) is 61.7 Å². The minimum Gasteiger partial charge on any atom is -0.510 e. The minimum absolute atomic E-state index is 0. The fourth-order valence-corrected chi connectivity index (χ4v) is 12.7. The largest absolute Gasteiger partial charge is 0.510 e. The third-order valence-corrected chi connectivity index (χ3v) is 16.4. The summed E-state index contributed by atoms with van der Waals surface area (Å²) >= 11 is 0. The van der Waals surface area contributed by atoms with E-state index < -0.39 is 43.9 Å². The van der Waals surface area contributed by atoms with E-state index in [2.05, 4.69) is 103 Å². The molecule has 7 heteroatoms. The van der Waals surface area contributed by atoms with Gasteiger partial charge in [0.05, 0.1) is 34.6 Å². The summed E-state index contributed by atoms with van der Waals surface area (Å²) in [5.74, 6) is 1.50. The number of rotatable bonds is 7. The second kappa shape index (κ2) is 20.2. The molecule has 0 fully saturated rings. The molecule has 0 saturated carbocycles. The van der Waals surface area contributed by atoms with E-state index in [0.717, 1.165) is 66.2 Å². The maximum atomic E-state index is 9.52. The monoisotopic (exact) mass is 1280 g/mol. The van der Waals surface area contributed by atoms with Crippen LogP contribution in [0, 0.1) is 32.2 Å². The van der Waals surface area contributed by atoms with Crippen molar-refractivity contribution in [1.29, 1.82) is 0 Å². The normalized spacial score (nSPS) is 14.1. The number of aromatic nitrogens is 5. The maximum absolute atomic E-state index is 9.52.